The van der Waals surface area contributed by atoms with Gasteiger partial charge in [0.25, 0.3) is 0 Å². The van der Waals surface area contributed by atoms with Crippen LogP contribution >= 0.6 is 0 Å². The lowest BCUT2D eigenvalue weighted by atomic mass is 10.2. The summed E-state index contributed by atoms with van der Waals surface area (Å²) in [6.07, 6.45) is 1.38. The lowest BCUT2D eigenvalue weighted by Crippen LogP contribution is -1.97. The lowest BCUT2D eigenvalue weighted by Gasteiger charge is -2.06. The van der Waals surface area contributed by atoms with E-state index < -0.39 is 0 Å². The SMILES string of the molecule is Nc1cnnc(-c2ccc(Oc3ccc(F)cc3)cc2)n1. The summed E-state index contributed by atoms with van der Waals surface area (Å²) in [5.74, 6) is 1.65. The third-order valence-electron chi connectivity index (χ3n) is 2.74. The van der Waals surface area contributed by atoms with Crippen molar-refractivity contribution in [1.82, 2.24) is 15.2 Å². The topological polar surface area (TPSA) is 73.9 Å². The Morgan fingerprint density at radius 1 is 0.905 bits per heavy atom. The third kappa shape index (κ3) is 3.11. The van der Waals surface area contributed by atoms with Crippen molar-refractivity contribution in [3.8, 4) is 22.9 Å². The molecule has 104 valence electrons. The second-order valence-electron chi connectivity index (χ2n) is 4.29. The summed E-state index contributed by atoms with van der Waals surface area (Å²) in [5.41, 5.74) is 6.35. The van der Waals surface area contributed by atoms with E-state index >= 15 is 0 Å². The van der Waals surface area contributed by atoms with Gasteiger partial charge in [0, 0.05) is 5.56 Å². The van der Waals surface area contributed by atoms with Crippen molar-refractivity contribution in [2.45, 2.75) is 0 Å². The number of benzene rings is 2. The quantitative estimate of drug-likeness (QED) is 0.799. The molecule has 5 nitrogen and oxygen atoms in total. The number of nitrogens with two attached hydrogens (primary N) is 1. The van der Waals surface area contributed by atoms with Gasteiger partial charge in [-0.3, -0.25) is 0 Å². The number of rotatable bonds is 3. The van der Waals surface area contributed by atoms with Crippen molar-refractivity contribution in [1.29, 1.82) is 0 Å². The molecule has 3 aromatic rings. The molecule has 0 saturated carbocycles. The standard InChI is InChI=1S/C15H11FN4O/c16-11-3-7-13(8-4-11)21-12-5-1-10(2-6-12)15-19-14(17)9-18-20-15/h1-9H,(H2,17,19,20). The monoisotopic (exact) mass is 282 g/mol. The summed E-state index contributed by atoms with van der Waals surface area (Å²) in [5, 5.41) is 7.66. The van der Waals surface area contributed by atoms with Crippen molar-refractivity contribution in [2.24, 2.45) is 0 Å². The Balaban J connectivity index is 1.79. The van der Waals surface area contributed by atoms with Crippen molar-refractivity contribution in [3.63, 3.8) is 0 Å². The van der Waals surface area contributed by atoms with E-state index in [2.05, 4.69) is 15.2 Å². The van der Waals surface area contributed by atoms with Gasteiger partial charge in [-0.25, -0.2) is 9.37 Å². The Hall–Kier alpha value is -3.02. The summed E-state index contributed by atoms with van der Waals surface area (Å²) in [6, 6.07) is 13.0. The molecule has 2 N–H and O–H groups in total. The molecule has 21 heavy (non-hydrogen) atoms. The van der Waals surface area contributed by atoms with Gasteiger partial charge in [0.15, 0.2) is 5.82 Å². The van der Waals surface area contributed by atoms with Gasteiger partial charge in [-0.05, 0) is 48.5 Å². The molecule has 6 heteroatoms. The van der Waals surface area contributed by atoms with Crippen LogP contribution in [0.3, 0.4) is 0 Å². The Bertz CT molecular complexity index is 744. The minimum atomic E-state index is -0.302. The number of hydrogen-bond donors (Lipinski definition) is 1. The zero-order chi connectivity index (χ0) is 14.7. The normalized spacial score (nSPS) is 10.3. The molecule has 0 aliphatic rings. The van der Waals surface area contributed by atoms with Crippen LogP contribution in [0.25, 0.3) is 11.4 Å². The van der Waals surface area contributed by atoms with E-state index in [1.165, 1.54) is 18.3 Å². The Morgan fingerprint density at radius 2 is 1.52 bits per heavy atom. The van der Waals surface area contributed by atoms with Crippen LogP contribution in [0.15, 0.2) is 54.7 Å². The fourth-order valence-corrected chi connectivity index (χ4v) is 1.75. The van der Waals surface area contributed by atoms with Gasteiger partial charge in [-0.1, -0.05) is 0 Å². The minimum Gasteiger partial charge on any atom is -0.457 e. The molecule has 0 radical (unpaired) electrons. The van der Waals surface area contributed by atoms with E-state index in [9.17, 15) is 4.39 Å². The molecule has 0 aliphatic carbocycles. The fourth-order valence-electron chi connectivity index (χ4n) is 1.75. The van der Waals surface area contributed by atoms with Crippen LogP contribution in [0, 0.1) is 5.82 Å². The largest absolute Gasteiger partial charge is 0.457 e. The molecule has 3 rings (SSSR count). The van der Waals surface area contributed by atoms with Crippen LogP contribution in [-0.4, -0.2) is 15.2 Å². The summed E-state index contributed by atoms with van der Waals surface area (Å²) in [6.45, 7) is 0. The smallest absolute Gasteiger partial charge is 0.183 e. The number of ether oxygens (including phenoxy) is 1. The van der Waals surface area contributed by atoms with Crippen molar-refractivity contribution in [2.75, 3.05) is 5.73 Å². The third-order valence-corrected chi connectivity index (χ3v) is 2.74. The van der Waals surface area contributed by atoms with Crippen LogP contribution in [0.4, 0.5) is 10.2 Å². The van der Waals surface area contributed by atoms with E-state index in [1.54, 1.807) is 36.4 Å². The second-order valence-corrected chi connectivity index (χ2v) is 4.29. The average molecular weight is 282 g/mol. The molecule has 0 atom stereocenters. The highest BCUT2D eigenvalue weighted by molar-refractivity contribution is 5.57. The van der Waals surface area contributed by atoms with Crippen molar-refractivity contribution >= 4 is 5.82 Å². The lowest BCUT2D eigenvalue weighted by molar-refractivity contribution is 0.480. The van der Waals surface area contributed by atoms with Crippen molar-refractivity contribution in [3.05, 3.63) is 60.5 Å². The molecule has 1 heterocycles. The first-order valence-corrected chi connectivity index (χ1v) is 6.20. The number of halogens is 1. The molecular weight excluding hydrogens is 271 g/mol. The van der Waals surface area contributed by atoms with Crippen molar-refractivity contribution < 1.29 is 9.13 Å². The molecule has 0 unspecified atom stereocenters. The van der Waals surface area contributed by atoms with Crippen LogP contribution in [0.1, 0.15) is 0 Å². The maximum absolute atomic E-state index is 12.8. The molecular formula is C15H11FN4O. The predicted octanol–water partition coefficient (Wildman–Crippen LogP) is 3.05. The van der Waals surface area contributed by atoms with Crippen LogP contribution in [-0.2, 0) is 0 Å². The Kier molecular flexibility index (Phi) is 3.42. The van der Waals surface area contributed by atoms with E-state index in [0.717, 1.165) is 5.56 Å². The zero-order valence-electron chi connectivity index (χ0n) is 10.9. The maximum atomic E-state index is 12.8. The number of anilines is 1. The first-order chi connectivity index (χ1) is 10.2. The van der Waals surface area contributed by atoms with Gasteiger partial charge in [0.1, 0.15) is 23.1 Å². The second kappa shape index (κ2) is 5.54. The molecule has 0 fully saturated rings. The predicted molar refractivity (Wildman–Crippen MR) is 76.1 cm³/mol. The molecule has 0 aliphatic heterocycles. The number of hydrogen-bond acceptors (Lipinski definition) is 5. The molecule has 0 saturated heterocycles. The van der Waals surface area contributed by atoms with Gasteiger partial charge in [0.05, 0.1) is 6.20 Å². The van der Waals surface area contributed by atoms with Crippen LogP contribution in [0.5, 0.6) is 11.5 Å². The van der Waals surface area contributed by atoms with Gasteiger partial charge >= 0.3 is 0 Å². The van der Waals surface area contributed by atoms with Gasteiger partial charge in [0.2, 0.25) is 0 Å². The van der Waals surface area contributed by atoms with Crippen LogP contribution < -0.4 is 10.5 Å². The highest BCUT2D eigenvalue weighted by atomic mass is 19.1. The highest BCUT2D eigenvalue weighted by Crippen LogP contribution is 2.24. The molecule has 2 aromatic carbocycles. The minimum absolute atomic E-state index is 0.302. The van der Waals surface area contributed by atoms with Gasteiger partial charge < -0.3 is 10.5 Å². The van der Waals surface area contributed by atoms with Crippen LogP contribution in [0.2, 0.25) is 0 Å². The fraction of sp³-hybridized carbons (Fsp3) is 0. The molecule has 0 spiro atoms. The van der Waals surface area contributed by atoms with E-state index in [4.69, 9.17) is 10.5 Å². The maximum Gasteiger partial charge on any atom is 0.183 e. The molecule has 1 aromatic heterocycles. The first kappa shape index (κ1) is 13.0. The van der Waals surface area contributed by atoms with Gasteiger partial charge in [-0.2, -0.15) is 5.10 Å². The average Bonchev–Trinajstić information content (AvgIpc) is 2.50. The van der Waals surface area contributed by atoms with E-state index in [0.29, 0.717) is 23.1 Å². The summed E-state index contributed by atoms with van der Waals surface area (Å²) >= 11 is 0. The first-order valence-electron chi connectivity index (χ1n) is 6.20. The Labute approximate surface area is 120 Å². The molecule has 0 bridgehead atoms. The highest BCUT2D eigenvalue weighted by Gasteiger charge is 2.04. The summed E-state index contributed by atoms with van der Waals surface area (Å²) in [7, 11) is 0. The van der Waals surface area contributed by atoms with E-state index in [-0.39, 0.29) is 5.82 Å². The summed E-state index contributed by atoms with van der Waals surface area (Å²) < 4.78 is 18.4. The Morgan fingerprint density at radius 3 is 2.14 bits per heavy atom. The van der Waals surface area contributed by atoms with Gasteiger partial charge in [-0.15, -0.1) is 5.10 Å². The summed E-state index contributed by atoms with van der Waals surface area (Å²) in [4.78, 5) is 4.09. The van der Waals surface area contributed by atoms with E-state index in [1.807, 2.05) is 0 Å². The zero-order valence-corrected chi connectivity index (χ0v) is 10.9. The number of nitrogen functional groups attached to an aromatic ring is 1. The number of aromatic nitrogens is 3. The molecule has 0 amide bonds. The number of nitrogens with zero attached hydrogens (tertiary/aromatic N) is 3.